The number of aromatic nitrogens is 2. The van der Waals surface area contributed by atoms with Gasteiger partial charge in [0.25, 0.3) is 0 Å². The highest BCUT2D eigenvalue weighted by molar-refractivity contribution is 5.43. The monoisotopic (exact) mass is 233 g/mol. The molecule has 1 aromatic heterocycles. The lowest BCUT2D eigenvalue weighted by atomic mass is 10.3. The molecule has 0 fully saturated rings. The molecule has 2 rings (SSSR count). The van der Waals surface area contributed by atoms with Crippen LogP contribution in [0.25, 0.3) is 0 Å². The Bertz CT molecular complexity index is 557. The Balaban J connectivity index is 2.28. The van der Waals surface area contributed by atoms with E-state index in [1.54, 1.807) is 6.07 Å². The van der Waals surface area contributed by atoms with Gasteiger partial charge in [-0.05, 0) is 26.0 Å². The van der Waals surface area contributed by atoms with Gasteiger partial charge in [-0.2, -0.15) is 0 Å². The fourth-order valence-corrected chi connectivity index (χ4v) is 1.28. The van der Waals surface area contributed by atoms with Crippen molar-refractivity contribution >= 4 is 5.69 Å². The summed E-state index contributed by atoms with van der Waals surface area (Å²) < 4.78 is 18.8. The quantitative estimate of drug-likeness (QED) is 0.810. The van der Waals surface area contributed by atoms with Gasteiger partial charge >= 0.3 is 0 Å². The number of nitrogens with zero attached hydrogens (tertiary/aromatic N) is 2. The number of nitrogen functional groups attached to an aromatic ring is 1. The summed E-state index contributed by atoms with van der Waals surface area (Å²) in [5.74, 6) is -0.182. The molecule has 0 amide bonds. The Morgan fingerprint density at radius 3 is 2.65 bits per heavy atom. The molecule has 5 heteroatoms. The van der Waals surface area contributed by atoms with E-state index >= 15 is 0 Å². The molecule has 2 N–H and O–H groups in total. The fourth-order valence-electron chi connectivity index (χ4n) is 1.28. The number of nitrogens with two attached hydrogens (primary N) is 1. The molecule has 0 aliphatic heterocycles. The molecule has 0 bridgehead atoms. The molecule has 2 aromatic rings. The molecular weight excluding hydrogens is 221 g/mol. The highest BCUT2D eigenvalue weighted by atomic mass is 19.1. The number of aryl methyl sites for hydroxylation is 2. The third kappa shape index (κ3) is 2.50. The van der Waals surface area contributed by atoms with Gasteiger partial charge < -0.3 is 10.5 Å². The van der Waals surface area contributed by atoms with Gasteiger partial charge in [0.2, 0.25) is 5.88 Å². The van der Waals surface area contributed by atoms with Gasteiger partial charge in [0.05, 0.1) is 17.6 Å². The second kappa shape index (κ2) is 4.37. The lowest BCUT2D eigenvalue weighted by Crippen LogP contribution is -1.97. The van der Waals surface area contributed by atoms with Crippen molar-refractivity contribution in [2.24, 2.45) is 0 Å². The van der Waals surface area contributed by atoms with Crippen molar-refractivity contribution in [2.75, 3.05) is 5.73 Å². The van der Waals surface area contributed by atoms with E-state index in [4.69, 9.17) is 10.5 Å². The van der Waals surface area contributed by atoms with Crippen LogP contribution in [0.1, 0.15) is 11.4 Å². The zero-order chi connectivity index (χ0) is 12.4. The maximum Gasteiger partial charge on any atom is 0.238 e. The molecule has 1 aromatic carbocycles. The maximum absolute atomic E-state index is 13.5. The van der Waals surface area contributed by atoms with Crippen LogP contribution in [0.4, 0.5) is 10.1 Å². The Kier molecular flexibility index (Phi) is 2.91. The predicted molar refractivity (Wildman–Crippen MR) is 62.4 cm³/mol. The van der Waals surface area contributed by atoms with Crippen LogP contribution in [0.15, 0.2) is 24.4 Å². The van der Waals surface area contributed by atoms with Crippen LogP contribution in [0.2, 0.25) is 0 Å². The van der Waals surface area contributed by atoms with E-state index in [1.165, 1.54) is 18.3 Å². The van der Waals surface area contributed by atoms with Gasteiger partial charge in [0.1, 0.15) is 0 Å². The van der Waals surface area contributed by atoms with E-state index in [0.29, 0.717) is 5.69 Å². The first-order valence-corrected chi connectivity index (χ1v) is 5.09. The number of halogens is 1. The Labute approximate surface area is 98.3 Å². The van der Waals surface area contributed by atoms with Crippen molar-refractivity contribution < 1.29 is 9.13 Å². The van der Waals surface area contributed by atoms with Gasteiger partial charge in [-0.15, -0.1) is 0 Å². The first kappa shape index (κ1) is 11.3. The zero-order valence-electron chi connectivity index (χ0n) is 9.57. The summed E-state index contributed by atoms with van der Waals surface area (Å²) in [6.07, 6.45) is 1.46. The second-order valence-electron chi connectivity index (χ2n) is 3.67. The van der Waals surface area contributed by atoms with Crippen molar-refractivity contribution in [3.05, 3.63) is 41.6 Å². The molecule has 17 heavy (non-hydrogen) atoms. The van der Waals surface area contributed by atoms with E-state index in [2.05, 4.69) is 9.97 Å². The number of anilines is 1. The summed E-state index contributed by atoms with van der Waals surface area (Å²) in [6.45, 7) is 3.66. The third-order valence-electron chi connectivity index (χ3n) is 2.34. The van der Waals surface area contributed by atoms with Crippen molar-refractivity contribution in [3.8, 4) is 11.6 Å². The third-order valence-corrected chi connectivity index (χ3v) is 2.34. The van der Waals surface area contributed by atoms with Crippen molar-refractivity contribution in [1.29, 1.82) is 0 Å². The smallest absolute Gasteiger partial charge is 0.238 e. The summed E-state index contributed by atoms with van der Waals surface area (Å²) in [6, 6.07) is 4.22. The largest absolute Gasteiger partial charge is 0.434 e. The molecule has 0 spiro atoms. The van der Waals surface area contributed by atoms with Gasteiger partial charge in [-0.25, -0.2) is 9.37 Å². The first-order chi connectivity index (χ1) is 8.06. The van der Waals surface area contributed by atoms with Crippen LogP contribution in [-0.2, 0) is 0 Å². The van der Waals surface area contributed by atoms with Crippen LogP contribution in [-0.4, -0.2) is 9.97 Å². The molecule has 1 heterocycles. The molecule has 0 aliphatic carbocycles. The minimum Gasteiger partial charge on any atom is -0.434 e. The highest BCUT2D eigenvalue weighted by Crippen LogP contribution is 2.24. The average Bonchev–Trinajstić information content (AvgIpc) is 2.27. The van der Waals surface area contributed by atoms with E-state index < -0.39 is 5.82 Å². The molecule has 0 saturated heterocycles. The van der Waals surface area contributed by atoms with E-state index in [9.17, 15) is 4.39 Å². The van der Waals surface area contributed by atoms with E-state index in [0.717, 1.165) is 11.4 Å². The first-order valence-electron chi connectivity index (χ1n) is 5.09. The Morgan fingerprint density at radius 2 is 2.00 bits per heavy atom. The van der Waals surface area contributed by atoms with Crippen molar-refractivity contribution in [3.63, 3.8) is 0 Å². The van der Waals surface area contributed by atoms with Crippen LogP contribution in [0.3, 0.4) is 0 Å². The SMILES string of the molecule is Cc1ncc(Oc2ccc(N)cc2F)nc1C. The highest BCUT2D eigenvalue weighted by Gasteiger charge is 2.07. The van der Waals surface area contributed by atoms with Crippen LogP contribution >= 0.6 is 0 Å². The van der Waals surface area contributed by atoms with Gasteiger partial charge in [-0.1, -0.05) is 0 Å². The van der Waals surface area contributed by atoms with Gasteiger partial charge in [0.15, 0.2) is 11.6 Å². The van der Waals surface area contributed by atoms with Crippen molar-refractivity contribution in [2.45, 2.75) is 13.8 Å². The normalized spacial score (nSPS) is 10.3. The number of ether oxygens (including phenoxy) is 1. The predicted octanol–water partition coefficient (Wildman–Crippen LogP) is 2.61. The number of hydrogen-bond acceptors (Lipinski definition) is 4. The molecule has 0 unspecified atom stereocenters. The number of benzene rings is 1. The summed E-state index contributed by atoms with van der Waals surface area (Å²) in [5, 5.41) is 0. The Hall–Kier alpha value is -2.17. The number of hydrogen-bond donors (Lipinski definition) is 1. The molecule has 0 aliphatic rings. The fraction of sp³-hybridized carbons (Fsp3) is 0.167. The van der Waals surface area contributed by atoms with Crippen LogP contribution in [0, 0.1) is 19.7 Å². The Morgan fingerprint density at radius 1 is 1.24 bits per heavy atom. The molecule has 0 saturated carbocycles. The van der Waals surface area contributed by atoms with E-state index in [1.807, 2.05) is 13.8 Å². The summed E-state index contributed by atoms with van der Waals surface area (Å²) in [4.78, 5) is 8.24. The molecule has 0 atom stereocenters. The summed E-state index contributed by atoms with van der Waals surface area (Å²) in [5.41, 5.74) is 7.35. The lowest BCUT2D eigenvalue weighted by Gasteiger charge is -2.07. The molecule has 88 valence electrons. The van der Waals surface area contributed by atoms with Crippen molar-refractivity contribution in [1.82, 2.24) is 9.97 Å². The topological polar surface area (TPSA) is 61.0 Å². The van der Waals surface area contributed by atoms with Gasteiger partial charge in [0, 0.05) is 11.8 Å². The lowest BCUT2D eigenvalue weighted by molar-refractivity contribution is 0.424. The minimum absolute atomic E-state index is 0.0803. The molecule has 0 radical (unpaired) electrons. The average molecular weight is 233 g/mol. The molecular formula is C12H12FN3O. The molecule has 4 nitrogen and oxygen atoms in total. The van der Waals surface area contributed by atoms with Crippen LogP contribution in [0.5, 0.6) is 11.6 Å². The van der Waals surface area contributed by atoms with E-state index in [-0.39, 0.29) is 11.6 Å². The standard InChI is InChI=1S/C12H12FN3O/c1-7-8(2)16-12(6-15-7)17-11-4-3-9(14)5-10(11)13/h3-6H,14H2,1-2H3. The van der Waals surface area contributed by atoms with Crippen LogP contribution < -0.4 is 10.5 Å². The summed E-state index contributed by atoms with van der Waals surface area (Å²) >= 11 is 0. The van der Waals surface area contributed by atoms with Gasteiger partial charge in [-0.3, -0.25) is 4.98 Å². The minimum atomic E-state index is -0.523. The number of rotatable bonds is 2. The zero-order valence-corrected chi connectivity index (χ0v) is 9.57. The summed E-state index contributed by atoms with van der Waals surface area (Å²) in [7, 11) is 0. The maximum atomic E-state index is 13.5. The second-order valence-corrected chi connectivity index (χ2v) is 3.67.